The van der Waals surface area contributed by atoms with Crippen LogP contribution >= 0.6 is 0 Å². The third-order valence-electron chi connectivity index (χ3n) is 6.93. The maximum atomic E-state index is 13.2. The molecule has 2 fully saturated rings. The molecular weight excluding hydrogens is 404 g/mol. The van der Waals surface area contributed by atoms with Crippen LogP contribution in [0.5, 0.6) is 0 Å². The zero-order chi connectivity index (χ0) is 22.3. The number of benzene rings is 2. The predicted molar refractivity (Wildman–Crippen MR) is 123 cm³/mol. The predicted octanol–water partition coefficient (Wildman–Crippen LogP) is 3.01. The normalized spacial score (nSPS) is 22.3. The Bertz CT molecular complexity index is 1090. The fourth-order valence-corrected chi connectivity index (χ4v) is 5.14. The minimum Gasteiger partial charge on any atom is -0.372 e. The molecule has 32 heavy (non-hydrogen) atoms. The Balaban J connectivity index is 1.26. The van der Waals surface area contributed by atoms with Gasteiger partial charge in [0, 0.05) is 30.9 Å². The lowest BCUT2D eigenvalue weighted by Crippen LogP contribution is -2.51. The van der Waals surface area contributed by atoms with E-state index in [1.807, 2.05) is 37.3 Å². The molecule has 0 aromatic heterocycles. The molecule has 7 nitrogen and oxygen atoms in total. The zero-order valence-corrected chi connectivity index (χ0v) is 18.3. The quantitative estimate of drug-likeness (QED) is 0.728. The highest BCUT2D eigenvalue weighted by molar-refractivity contribution is 6.10. The fourth-order valence-electron chi connectivity index (χ4n) is 5.14. The van der Waals surface area contributed by atoms with Crippen molar-refractivity contribution >= 4 is 29.2 Å². The SMILES string of the molecule is Cc1cc(N2CCCC2)ccc1NC(=O)CN1C(=O)NC2(CCc3ccccc3C2)C1=O. The molecule has 0 saturated carbocycles. The van der Waals surface area contributed by atoms with Crippen LogP contribution in [0, 0.1) is 6.92 Å². The fraction of sp³-hybridized carbons (Fsp3) is 0.400. The third-order valence-corrected chi connectivity index (χ3v) is 6.93. The van der Waals surface area contributed by atoms with Gasteiger partial charge in [0.25, 0.3) is 5.91 Å². The van der Waals surface area contributed by atoms with Crippen LogP contribution in [0.15, 0.2) is 42.5 Å². The highest BCUT2D eigenvalue weighted by Crippen LogP contribution is 2.33. The lowest BCUT2D eigenvalue weighted by atomic mass is 9.78. The van der Waals surface area contributed by atoms with E-state index in [9.17, 15) is 14.4 Å². The van der Waals surface area contributed by atoms with Crippen molar-refractivity contribution in [3.63, 3.8) is 0 Å². The minimum absolute atomic E-state index is 0.290. The number of rotatable bonds is 4. The van der Waals surface area contributed by atoms with E-state index >= 15 is 0 Å². The highest BCUT2D eigenvalue weighted by atomic mass is 16.2. The van der Waals surface area contributed by atoms with Crippen molar-refractivity contribution in [1.82, 2.24) is 10.2 Å². The molecule has 0 radical (unpaired) electrons. The first-order valence-corrected chi connectivity index (χ1v) is 11.3. The van der Waals surface area contributed by atoms with Gasteiger partial charge >= 0.3 is 6.03 Å². The van der Waals surface area contributed by atoms with E-state index < -0.39 is 11.6 Å². The van der Waals surface area contributed by atoms with Crippen LogP contribution in [0.3, 0.4) is 0 Å². The molecule has 7 heteroatoms. The first-order valence-electron chi connectivity index (χ1n) is 11.3. The van der Waals surface area contributed by atoms with E-state index in [1.165, 1.54) is 18.4 Å². The van der Waals surface area contributed by atoms with E-state index in [0.29, 0.717) is 18.5 Å². The van der Waals surface area contributed by atoms with E-state index in [-0.39, 0.29) is 18.4 Å². The molecule has 2 aromatic carbocycles. The maximum absolute atomic E-state index is 13.2. The number of carbonyl (C=O) groups is 3. The second-order valence-corrected chi connectivity index (χ2v) is 9.09. The Morgan fingerprint density at radius 3 is 2.59 bits per heavy atom. The molecule has 1 unspecified atom stereocenters. The van der Waals surface area contributed by atoms with Gasteiger partial charge in [-0.15, -0.1) is 0 Å². The number of carbonyl (C=O) groups excluding carboxylic acids is 3. The first-order chi connectivity index (χ1) is 15.4. The van der Waals surface area contributed by atoms with E-state index in [4.69, 9.17) is 0 Å². The molecule has 1 atom stereocenters. The highest BCUT2D eigenvalue weighted by Gasteiger charge is 2.52. The van der Waals surface area contributed by atoms with Crippen molar-refractivity contribution in [2.24, 2.45) is 0 Å². The third kappa shape index (κ3) is 3.61. The number of amides is 4. The summed E-state index contributed by atoms with van der Waals surface area (Å²) in [6.07, 6.45) is 4.14. The Kier molecular flexibility index (Phi) is 5.12. The summed E-state index contributed by atoms with van der Waals surface area (Å²) in [6.45, 7) is 3.78. The number of nitrogens with one attached hydrogen (secondary N) is 2. The molecule has 4 amide bonds. The van der Waals surface area contributed by atoms with Gasteiger partial charge in [-0.1, -0.05) is 24.3 Å². The molecule has 5 rings (SSSR count). The molecule has 2 aliphatic heterocycles. The average molecular weight is 433 g/mol. The molecule has 1 aliphatic carbocycles. The summed E-state index contributed by atoms with van der Waals surface area (Å²) in [4.78, 5) is 42.0. The van der Waals surface area contributed by atoms with Gasteiger partial charge in [-0.2, -0.15) is 0 Å². The van der Waals surface area contributed by atoms with Gasteiger partial charge in [0.05, 0.1) is 0 Å². The van der Waals surface area contributed by atoms with Crippen molar-refractivity contribution < 1.29 is 14.4 Å². The number of anilines is 2. The summed E-state index contributed by atoms with van der Waals surface area (Å²) in [5.41, 5.74) is 4.16. The standard InChI is InChI=1S/C25H28N4O3/c1-17-14-20(28-12-4-5-13-28)8-9-21(17)26-22(30)16-29-23(31)25(27-24(29)32)11-10-18-6-2-3-7-19(18)15-25/h2-3,6-9,14H,4-5,10-13,15-16H2,1H3,(H,26,30)(H,27,32). The molecular formula is C25H28N4O3. The van der Waals surface area contributed by atoms with Crippen molar-refractivity contribution in [1.29, 1.82) is 0 Å². The molecule has 2 aromatic rings. The molecule has 1 spiro atoms. The zero-order valence-electron chi connectivity index (χ0n) is 18.3. The van der Waals surface area contributed by atoms with Crippen LogP contribution < -0.4 is 15.5 Å². The summed E-state index contributed by atoms with van der Waals surface area (Å²) >= 11 is 0. The van der Waals surface area contributed by atoms with Gasteiger partial charge in [-0.05, 0) is 67.5 Å². The second kappa shape index (κ2) is 7.97. The van der Waals surface area contributed by atoms with Crippen LogP contribution in [-0.2, 0) is 22.4 Å². The number of fused-ring (bicyclic) bond motifs is 1. The van der Waals surface area contributed by atoms with E-state index in [0.717, 1.165) is 41.2 Å². The lowest BCUT2D eigenvalue weighted by molar-refractivity contribution is -0.134. The Hall–Kier alpha value is -3.35. The molecule has 2 N–H and O–H groups in total. The second-order valence-electron chi connectivity index (χ2n) is 9.09. The maximum Gasteiger partial charge on any atom is 0.325 e. The number of urea groups is 1. The van der Waals surface area contributed by atoms with E-state index in [1.54, 1.807) is 0 Å². The largest absolute Gasteiger partial charge is 0.372 e. The van der Waals surface area contributed by atoms with Crippen LogP contribution in [0.4, 0.5) is 16.2 Å². The Labute approximate surface area is 187 Å². The summed E-state index contributed by atoms with van der Waals surface area (Å²) in [5.74, 6) is -0.688. The van der Waals surface area contributed by atoms with Gasteiger partial charge in [0.2, 0.25) is 5.91 Å². The number of nitrogens with zero attached hydrogens (tertiary/aromatic N) is 2. The smallest absolute Gasteiger partial charge is 0.325 e. The number of hydrogen-bond acceptors (Lipinski definition) is 4. The van der Waals surface area contributed by atoms with Gasteiger partial charge in [0.15, 0.2) is 0 Å². The molecule has 2 saturated heterocycles. The molecule has 166 valence electrons. The van der Waals surface area contributed by atoms with Crippen molar-refractivity contribution in [2.45, 2.75) is 44.6 Å². The number of hydrogen-bond donors (Lipinski definition) is 2. The Morgan fingerprint density at radius 1 is 1.09 bits per heavy atom. The summed E-state index contributed by atoms with van der Waals surface area (Å²) < 4.78 is 0. The first kappa shape index (κ1) is 20.5. The topological polar surface area (TPSA) is 81.8 Å². The Morgan fingerprint density at radius 2 is 1.84 bits per heavy atom. The van der Waals surface area contributed by atoms with E-state index in [2.05, 4.69) is 27.7 Å². The monoisotopic (exact) mass is 432 g/mol. The summed E-state index contributed by atoms with van der Waals surface area (Å²) in [5, 5.41) is 5.75. The summed E-state index contributed by atoms with van der Waals surface area (Å²) in [7, 11) is 0. The van der Waals surface area contributed by atoms with Gasteiger partial charge < -0.3 is 15.5 Å². The lowest BCUT2D eigenvalue weighted by Gasteiger charge is -2.32. The van der Waals surface area contributed by atoms with Crippen molar-refractivity contribution in [3.05, 3.63) is 59.2 Å². The summed E-state index contributed by atoms with van der Waals surface area (Å²) in [6, 6.07) is 13.5. The van der Waals surface area contributed by atoms with Crippen molar-refractivity contribution in [2.75, 3.05) is 29.9 Å². The number of aryl methyl sites for hydroxylation is 2. The van der Waals surface area contributed by atoms with Gasteiger partial charge in [0.1, 0.15) is 12.1 Å². The van der Waals surface area contributed by atoms with Crippen LogP contribution in [0.1, 0.15) is 36.0 Å². The van der Waals surface area contributed by atoms with Gasteiger partial charge in [-0.25, -0.2) is 4.79 Å². The average Bonchev–Trinajstić information content (AvgIpc) is 3.39. The van der Waals surface area contributed by atoms with Gasteiger partial charge in [-0.3, -0.25) is 14.5 Å². The van der Waals surface area contributed by atoms with Crippen LogP contribution in [-0.4, -0.2) is 47.9 Å². The van der Waals surface area contributed by atoms with Crippen molar-refractivity contribution in [3.8, 4) is 0 Å². The minimum atomic E-state index is -0.945. The van der Waals surface area contributed by atoms with Crippen LogP contribution in [0.25, 0.3) is 0 Å². The molecule has 0 bridgehead atoms. The van der Waals surface area contributed by atoms with Crippen LogP contribution in [0.2, 0.25) is 0 Å². The molecule has 2 heterocycles. The molecule has 3 aliphatic rings. The number of imide groups is 1.